The maximum absolute atomic E-state index is 12.8. The van der Waals surface area contributed by atoms with Gasteiger partial charge in [0.05, 0.1) is 20.8 Å². The van der Waals surface area contributed by atoms with Gasteiger partial charge in [0.25, 0.3) is 5.91 Å². The zero-order valence-corrected chi connectivity index (χ0v) is 14.6. The molecule has 0 heterocycles. The van der Waals surface area contributed by atoms with Crippen molar-refractivity contribution in [2.45, 2.75) is 13.1 Å². The van der Waals surface area contributed by atoms with Gasteiger partial charge in [-0.3, -0.25) is 4.79 Å². The molecule has 0 aliphatic rings. The summed E-state index contributed by atoms with van der Waals surface area (Å²) in [6, 6.07) is 12.6. The quantitative estimate of drug-likeness (QED) is 0.763. The smallest absolute Gasteiger partial charge is 0.254 e. The van der Waals surface area contributed by atoms with Gasteiger partial charge in [-0.1, -0.05) is 12.1 Å². The molecule has 2 rings (SSSR count). The molecule has 3 N–H and O–H groups in total. The lowest BCUT2D eigenvalue weighted by Crippen LogP contribution is -2.33. The number of rotatable bonds is 8. The minimum Gasteiger partial charge on any atom is -0.497 e. The normalized spacial score (nSPS) is 10.4. The Morgan fingerprint density at radius 2 is 1.84 bits per heavy atom. The summed E-state index contributed by atoms with van der Waals surface area (Å²) >= 11 is 0. The van der Waals surface area contributed by atoms with Crippen molar-refractivity contribution in [3.8, 4) is 11.5 Å². The molecule has 0 spiro atoms. The second-order valence-electron chi connectivity index (χ2n) is 5.53. The third-order valence-corrected chi connectivity index (χ3v) is 3.95. The Hall–Kier alpha value is -2.57. The highest BCUT2D eigenvalue weighted by atomic mass is 16.5. The van der Waals surface area contributed by atoms with E-state index in [9.17, 15) is 9.90 Å². The average Bonchev–Trinajstić information content (AvgIpc) is 2.67. The number of aliphatic hydroxyl groups excluding tert-OH is 1. The van der Waals surface area contributed by atoms with Gasteiger partial charge in [-0.25, -0.2) is 0 Å². The summed E-state index contributed by atoms with van der Waals surface area (Å²) in [4.78, 5) is 14.4. The fraction of sp³-hybridized carbons (Fsp3) is 0.316. The number of carbonyl (C=O) groups is 1. The number of aliphatic hydroxyl groups is 1. The highest BCUT2D eigenvalue weighted by molar-refractivity contribution is 5.94. The third-order valence-electron chi connectivity index (χ3n) is 3.95. The number of ether oxygens (including phenoxy) is 2. The van der Waals surface area contributed by atoms with Gasteiger partial charge in [0.15, 0.2) is 0 Å². The highest BCUT2D eigenvalue weighted by Crippen LogP contribution is 2.26. The van der Waals surface area contributed by atoms with Crippen LogP contribution in [0.5, 0.6) is 11.5 Å². The molecule has 0 bridgehead atoms. The number of methoxy groups -OCH3 is 2. The van der Waals surface area contributed by atoms with Crippen LogP contribution in [-0.4, -0.2) is 43.3 Å². The Bertz CT molecular complexity index is 701. The summed E-state index contributed by atoms with van der Waals surface area (Å²) in [6.07, 6.45) is 0. The molecule has 6 nitrogen and oxygen atoms in total. The average molecular weight is 344 g/mol. The van der Waals surface area contributed by atoms with E-state index < -0.39 is 0 Å². The van der Waals surface area contributed by atoms with E-state index in [4.69, 9.17) is 15.2 Å². The molecule has 134 valence electrons. The molecule has 0 aliphatic carbocycles. The number of hydrogen-bond donors (Lipinski definition) is 2. The summed E-state index contributed by atoms with van der Waals surface area (Å²) in [5.41, 5.74) is 7.94. The van der Waals surface area contributed by atoms with E-state index in [0.717, 1.165) is 11.1 Å². The molecule has 1 amide bonds. The number of carbonyl (C=O) groups excluding carboxylic acids is 1. The van der Waals surface area contributed by atoms with Gasteiger partial charge in [-0.05, 0) is 29.8 Å². The molecular formula is C19H24N2O4. The van der Waals surface area contributed by atoms with E-state index >= 15 is 0 Å². The van der Waals surface area contributed by atoms with Crippen molar-refractivity contribution in [3.05, 3.63) is 59.2 Å². The van der Waals surface area contributed by atoms with Gasteiger partial charge in [0, 0.05) is 36.8 Å². The van der Waals surface area contributed by atoms with Gasteiger partial charge in [0.1, 0.15) is 11.5 Å². The molecule has 0 saturated carbocycles. The molecule has 25 heavy (non-hydrogen) atoms. The lowest BCUT2D eigenvalue weighted by Gasteiger charge is -2.23. The molecule has 0 unspecified atom stereocenters. The Labute approximate surface area is 147 Å². The van der Waals surface area contributed by atoms with E-state index in [0.29, 0.717) is 30.2 Å². The molecule has 0 radical (unpaired) electrons. The van der Waals surface area contributed by atoms with E-state index in [2.05, 4.69) is 0 Å². The van der Waals surface area contributed by atoms with E-state index in [1.807, 2.05) is 24.3 Å². The van der Waals surface area contributed by atoms with Crippen molar-refractivity contribution in [1.29, 1.82) is 0 Å². The van der Waals surface area contributed by atoms with Crippen LogP contribution in [0.3, 0.4) is 0 Å². The van der Waals surface area contributed by atoms with Crippen molar-refractivity contribution < 1.29 is 19.4 Å². The molecule has 2 aromatic carbocycles. The fourth-order valence-electron chi connectivity index (χ4n) is 2.53. The monoisotopic (exact) mass is 344 g/mol. The lowest BCUT2D eigenvalue weighted by atomic mass is 10.1. The van der Waals surface area contributed by atoms with Crippen LogP contribution in [-0.2, 0) is 13.1 Å². The first-order valence-electron chi connectivity index (χ1n) is 8.03. The molecule has 0 atom stereocenters. The molecule has 0 saturated heterocycles. The van der Waals surface area contributed by atoms with Crippen LogP contribution >= 0.6 is 0 Å². The van der Waals surface area contributed by atoms with Crippen LogP contribution in [0.15, 0.2) is 42.5 Å². The third kappa shape index (κ3) is 4.71. The maximum Gasteiger partial charge on any atom is 0.254 e. The van der Waals surface area contributed by atoms with Gasteiger partial charge >= 0.3 is 0 Å². The molecule has 0 aromatic heterocycles. The van der Waals surface area contributed by atoms with Crippen LogP contribution in [0.25, 0.3) is 0 Å². The SMILES string of the molecule is COc1ccc(CN(CCO)C(=O)c2ccc(CN)cc2)c(OC)c1. The van der Waals surface area contributed by atoms with Gasteiger partial charge < -0.3 is 25.2 Å². The number of nitrogens with zero attached hydrogens (tertiary/aromatic N) is 1. The second-order valence-corrected chi connectivity index (χ2v) is 5.53. The van der Waals surface area contributed by atoms with Crippen molar-refractivity contribution >= 4 is 5.91 Å². The van der Waals surface area contributed by atoms with Gasteiger partial charge in [-0.2, -0.15) is 0 Å². The first-order valence-corrected chi connectivity index (χ1v) is 8.03. The van der Waals surface area contributed by atoms with Crippen molar-refractivity contribution in [1.82, 2.24) is 4.90 Å². The first kappa shape index (κ1) is 18.8. The van der Waals surface area contributed by atoms with Gasteiger partial charge in [-0.15, -0.1) is 0 Å². The minimum absolute atomic E-state index is 0.120. The van der Waals surface area contributed by atoms with Crippen LogP contribution in [0.2, 0.25) is 0 Å². The number of hydrogen-bond acceptors (Lipinski definition) is 5. The first-order chi connectivity index (χ1) is 12.1. The minimum atomic E-state index is -0.157. The largest absolute Gasteiger partial charge is 0.497 e. The molecule has 0 aliphatic heterocycles. The fourth-order valence-corrected chi connectivity index (χ4v) is 2.53. The Morgan fingerprint density at radius 3 is 2.40 bits per heavy atom. The maximum atomic E-state index is 12.8. The van der Waals surface area contributed by atoms with E-state index in [-0.39, 0.29) is 19.1 Å². The zero-order chi connectivity index (χ0) is 18.2. The van der Waals surface area contributed by atoms with Gasteiger partial charge in [0.2, 0.25) is 0 Å². The predicted molar refractivity (Wildman–Crippen MR) is 95.7 cm³/mol. The summed E-state index contributed by atoms with van der Waals surface area (Å²) in [6.45, 7) is 0.862. The summed E-state index contributed by atoms with van der Waals surface area (Å²) in [5, 5.41) is 9.34. The summed E-state index contributed by atoms with van der Waals surface area (Å²) in [7, 11) is 3.16. The van der Waals surface area contributed by atoms with Crippen LogP contribution in [0.1, 0.15) is 21.5 Å². The van der Waals surface area contributed by atoms with Crippen molar-refractivity contribution in [3.63, 3.8) is 0 Å². The van der Waals surface area contributed by atoms with Crippen LogP contribution < -0.4 is 15.2 Å². The van der Waals surface area contributed by atoms with E-state index in [1.165, 1.54) is 0 Å². The Balaban J connectivity index is 2.23. The molecule has 0 fully saturated rings. The lowest BCUT2D eigenvalue weighted by molar-refractivity contribution is 0.0706. The molecular weight excluding hydrogens is 320 g/mol. The Kier molecular flexibility index (Phi) is 6.80. The number of benzene rings is 2. The van der Waals surface area contributed by atoms with Crippen molar-refractivity contribution in [2.75, 3.05) is 27.4 Å². The van der Waals surface area contributed by atoms with Crippen molar-refractivity contribution in [2.24, 2.45) is 5.73 Å². The number of amides is 1. The molecule has 2 aromatic rings. The molecule has 6 heteroatoms. The summed E-state index contributed by atoms with van der Waals surface area (Å²) in [5.74, 6) is 1.15. The Morgan fingerprint density at radius 1 is 1.12 bits per heavy atom. The topological polar surface area (TPSA) is 85.0 Å². The van der Waals surface area contributed by atoms with Crippen LogP contribution in [0.4, 0.5) is 0 Å². The summed E-state index contributed by atoms with van der Waals surface area (Å²) < 4.78 is 10.6. The second kappa shape index (κ2) is 9.05. The van der Waals surface area contributed by atoms with Crippen LogP contribution in [0, 0.1) is 0 Å². The standard InChI is InChI=1S/C19H24N2O4/c1-24-17-8-7-16(18(11-17)25-2)13-21(9-10-22)19(23)15-5-3-14(12-20)4-6-15/h3-8,11,22H,9-10,12-13,20H2,1-2H3. The van der Waals surface area contributed by atoms with E-state index in [1.54, 1.807) is 37.3 Å². The number of nitrogens with two attached hydrogens (primary N) is 1. The predicted octanol–water partition coefficient (Wildman–Crippen LogP) is 1.80. The zero-order valence-electron chi connectivity index (χ0n) is 14.6. The highest BCUT2D eigenvalue weighted by Gasteiger charge is 2.18.